The lowest BCUT2D eigenvalue weighted by atomic mass is 9.79. The van der Waals surface area contributed by atoms with Crippen molar-refractivity contribution < 1.29 is 32.3 Å². The van der Waals surface area contributed by atoms with Crippen LogP contribution < -0.4 is 21.7 Å². The van der Waals surface area contributed by atoms with Crippen LogP contribution in [0.2, 0.25) is 0 Å². The van der Waals surface area contributed by atoms with E-state index in [1.54, 1.807) is 24.3 Å². The van der Waals surface area contributed by atoms with E-state index in [1.807, 2.05) is 29.5 Å². The summed E-state index contributed by atoms with van der Waals surface area (Å²) in [6, 6.07) is 13.3. The summed E-state index contributed by atoms with van der Waals surface area (Å²) >= 11 is 1.61. The predicted molar refractivity (Wildman–Crippen MR) is 255 cm³/mol. The first-order valence-electron chi connectivity index (χ1n) is 23.1. The fourth-order valence-electron chi connectivity index (χ4n) is 9.73. The van der Waals surface area contributed by atoms with Gasteiger partial charge in [0.2, 0.25) is 11.8 Å². The van der Waals surface area contributed by atoms with Crippen LogP contribution in [0.1, 0.15) is 77.2 Å². The zero-order valence-electron chi connectivity index (χ0n) is 38.8. The molecule has 0 spiro atoms. The Kier molecular flexibility index (Phi) is 15.0. The molecule has 3 fully saturated rings. The number of nitrogens with zero attached hydrogens (tertiary/aromatic N) is 7. The van der Waals surface area contributed by atoms with E-state index in [0.717, 1.165) is 91.6 Å². The van der Waals surface area contributed by atoms with E-state index in [-0.39, 0.29) is 65.5 Å². The maximum Gasteiger partial charge on any atom is 0.417 e. The number of H-pyrrole nitrogens is 1. The molecule has 4 aliphatic rings. The van der Waals surface area contributed by atoms with Crippen molar-refractivity contribution in [1.82, 2.24) is 45.8 Å². The second kappa shape index (κ2) is 21.1. The van der Waals surface area contributed by atoms with Gasteiger partial charge in [0, 0.05) is 87.5 Å². The Morgan fingerprint density at radius 1 is 1.13 bits per heavy atom. The molecule has 4 aromatic rings. The van der Waals surface area contributed by atoms with Crippen LogP contribution in [0.4, 0.5) is 13.2 Å². The molecular formula is C49H57F3N12O4S. The van der Waals surface area contributed by atoms with Crippen molar-refractivity contribution in [1.29, 1.82) is 5.26 Å². The number of aliphatic imine (C=N–C) groups is 1. The summed E-state index contributed by atoms with van der Waals surface area (Å²) in [5.74, 6) is -0.495. The number of aromatic nitrogens is 3. The Morgan fingerprint density at radius 2 is 1.90 bits per heavy atom. The number of nitriles is 1. The largest absolute Gasteiger partial charge is 0.417 e. The maximum atomic E-state index is 13.9. The molecule has 6 heterocycles. The number of nitrogens with two attached hydrogens (primary N) is 1. The first-order valence-corrected chi connectivity index (χ1v) is 24.0. The lowest BCUT2D eigenvalue weighted by Crippen LogP contribution is -2.49. The summed E-state index contributed by atoms with van der Waals surface area (Å²) in [7, 11) is 0. The number of amides is 3. The molecule has 69 heavy (non-hydrogen) atoms. The van der Waals surface area contributed by atoms with E-state index in [4.69, 9.17) is 15.7 Å². The number of hydrogen-bond donors (Lipinski definition) is 5. The van der Waals surface area contributed by atoms with Gasteiger partial charge in [0.25, 0.3) is 5.91 Å². The van der Waals surface area contributed by atoms with Crippen LogP contribution >= 0.6 is 11.3 Å². The van der Waals surface area contributed by atoms with Crippen molar-refractivity contribution in [3.05, 3.63) is 111 Å². The number of aromatic amines is 1. The summed E-state index contributed by atoms with van der Waals surface area (Å²) in [5.41, 5.74) is 11.1. The van der Waals surface area contributed by atoms with E-state index in [2.05, 4.69) is 71.1 Å². The molecular weight excluding hydrogens is 910 g/mol. The number of benzene rings is 2. The highest BCUT2D eigenvalue weighted by atomic mass is 32.1. The Hall–Kier alpha value is -6.40. The van der Waals surface area contributed by atoms with Crippen molar-refractivity contribution in [3.63, 3.8) is 0 Å². The number of carbonyl (C=O) groups excluding carboxylic acids is 3. The van der Waals surface area contributed by atoms with Crippen molar-refractivity contribution in [3.8, 4) is 16.5 Å². The molecule has 5 atom stereocenters. The van der Waals surface area contributed by atoms with Crippen LogP contribution in [0.15, 0.2) is 76.9 Å². The number of thiazole rings is 1. The maximum absolute atomic E-state index is 13.9. The molecule has 3 amide bonds. The third-order valence-electron chi connectivity index (χ3n) is 13.4. The van der Waals surface area contributed by atoms with Gasteiger partial charge in [-0.05, 0) is 74.1 Å². The standard InChI is InChI=1S/C49H57F3N12O4S/c1-30(25-55-14-13-39(54)34-9-10-35(24-53)38(21-34)49(50,51)52)58-45(65)40-22-36(60-61-40)28-68-20-4-15-62-16-18-63(19-17-62)27-37-23-48(3)42-12-11-41(64(42)47(67)44(48)59-37)46(66)56-26-32-5-7-33(8-6-32)43-31(2)57-29-69-43/h5-10,13-14,21-23,29-30,41-42,44,59H,4,11-12,15-20,25-28,54H2,1-3H3,(H,56,66)(H,58,65)(H,60,61)/t30-,41-,42?,44+,48?/m0/s1. The molecule has 20 heteroatoms. The topological polar surface area (TPSA) is 210 Å². The van der Waals surface area contributed by atoms with Crippen LogP contribution in [0.3, 0.4) is 0 Å². The monoisotopic (exact) mass is 966 g/mol. The van der Waals surface area contributed by atoms with Crippen LogP contribution in [-0.4, -0.2) is 130 Å². The number of allylic oxidation sites excluding steroid dienone is 1. The number of rotatable bonds is 18. The molecule has 0 aliphatic carbocycles. The molecule has 4 aliphatic heterocycles. The lowest BCUT2D eigenvalue weighted by Gasteiger charge is -2.35. The average Bonchev–Trinajstić information content (AvgIpc) is 4.18. The number of ether oxygens (including phenoxy) is 1. The Morgan fingerprint density at radius 3 is 2.62 bits per heavy atom. The van der Waals surface area contributed by atoms with Gasteiger partial charge in [-0.1, -0.05) is 43.3 Å². The molecule has 0 saturated carbocycles. The molecule has 8 rings (SSSR count). The molecule has 2 aromatic heterocycles. The molecule has 0 bridgehead atoms. The van der Waals surface area contributed by atoms with E-state index >= 15 is 0 Å². The number of halogens is 3. The highest BCUT2D eigenvalue weighted by molar-refractivity contribution is 7.13. The summed E-state index contributed by atoms with van der Waals surface area (Å²) < 4.78 is 45.8. The Labute approximate surface area is 402 Å². The quantitative estimate of drug-likeness (QED) is 0.0663. The lowest BCUT2D eigenvalue weighted by molar-refractivity contribution is -0.138. The van der Waals surface area contributed by atoms with E-state index in [1.165, 1.54) is 24.4 Å². The zero-order chi connectivity index (χ0) is 48.9. The van der Waals surface area contributed by atoms with E-state index < -0.39 is 29.3 Å². The highest BCUT2D eigenvalue weighted by Crippen LogP contribution is 2.50. The third-order valence-corrected chi connectivity index (χ3v) is 14.4. The van der Waals surface area contributed by atoms with Gasteiger partial charge in [0.05, 0.1) is 52.1 Å². The minimum absolute atomic E-state index is 0.00551. The normalized spacial score (nSPS) is 22.3. The zero-order valence-corrected chi connectivity index (χ0v) is 39.6. The van der Waals surface area contributed by atoms with Gasteiger partial charge in [-0.15, -0.1) is 11.3 Å². The van der Waals surface area contributed by atoms with Gasteiger partial charge in [-0.2, -0.15) is 23.5 Å². The fraction of sp³-hybridized carbons (Fsp3) is 0.449. The second-order valence-electron chi connectivity index (χ2n) is 18.3. The van der Waals surface area contributed by atoms with Crippen LogP contribution in [0.25, 0.3) is 16.1 Å². The van der Waals surface area contributed by atoms with Gasteiger partial charge in [0.15, 0.2) is 0 Å². The third kappa shape index (κ3) is 11.2. The summed E-state index contributed by atoms with van der Waals surface area (Å²) in [6.45, 7) is 12.6. The van der Waals surface area contributed by atoms with Gasteiger partial charge in [-0.3, -0.25) is 29.4 Å². The number of nitrogens with one attached hydrogen (secondary N) is 4. The van der Waals surface area contributed by atoms with Crippen LogP contribution in [0, 0.1) is 23.7 Å². The fourth-order valence-corrected chi connectivity index (χ4v) is 10.5. The number of fused-ring (bicyclic) bond motifs is 3. The minimum atomic E-state index is -4.70. The highest BCUT2D eigenvalue weighted by Gasteiger charge is 2.62. The van der Waals surface area contributed by atoms with Crippen molar-refractivity contribution in [2.75, 3.05) is 52.4 Å². The number of hydrogen-bond acceptors (Lipinski definition) is 13. The molecule has 0 radical (unpaired) electrons. The summed E-state index contributed by atoms with van der Waals surface area (Å²) in [6.07, 6.45) is 2.56. The van der Waals surface area contributed by atoms with Gasteiger partial charge < -0.3 is 36.2 Å². The van der Waals surface area contributed by atoms with Crippen molar-refractivity contribution >= 4 is 41.0 Å². The number of alkyl halides is 3. The predicted octanol–water partition coefficient (Wildman–Crippen LogP) is 5.00. The summed E-state index contributed by atoms with van der Waals surface area (Å²) in [4.78, 5) is 56.5. The SMILES string of the molecule is Cc1ncsc1-c1ccc(CNC(=O)[C@@H]2CCC3N2C(=O)[C@H]2NC(CN4CCN(CCCOCc5cc(C(=O)N[C@@H](C)CN=CC=C(N)c6ccc(C#N)c(C(F)(F)F)c6)n[nH]5)CC4)=CC32C)cc1. The number of piperazine rings is 1. The van der Waals surface area contributed by atoms with Gasteiger partial charge in [0.1, 0.15) is 17.8 Å². The molecule has 6 N–H and O–H groups in total. The first-order chi connectivity index (χ1) is 33.1. The average molecular weight is 967 g/mol. The Balaban J connectivity index is 0.700. The molecule has 3 saturated heterocycles. The number of aryl methyl sites for hydroxylation is 1. The smallest absolute Gasteiger partial charge is 0.398 e. The second-order valence-corrected chi connectivity index (χ2v) is 19.2. The van der Waals surface area contributed by atoms with Crippen LogP contribution in [-0.2, 0) is 33.7 Å². The molecule has 16 nitrogen and oxygen atoms in total. The van der Waals surface area contributed by atoms with Gasteiger partial charge >= 0.3 is 6.18 Å². The number of carbonyl (C=O) groups is 3. The van der Waals surface area contributed by atoms with Crippen LogP contribution in [0.5, 0.6) is 0 Å². The van der Waals surface area contributed by atoms with E-state index in [0.29, 0.717) is 25.3 Å². The van der Waals surface area contributed by atoms with Crippen molar-refractivity contribution in [2.24, 2.45) is 16.1 Å². The first kappa shape index (κ1) is 49.0. The molecule has 2 aromatic carbocycles. The summed E-state index contributed by atoms with van der Waals surface area (Å²) in [5, 5.41) is 25.4. The molecule has 2 unspecified atom stereocenters. The van der Waals surface area contributed by atoms with E-state index in [9.17, 15) is 27.6 Å². The molecule has 364 valence electrons. The van der Waals surface area contributed by atoms with Gasteiger partial charge in [-0.25, -0.2) is 4.98 Å². The van der Waals surface area contributed by atoms with Crippen molar-refractivity contribution in [2.45, 2.75) is 83.5 Å². The Bertz CT molecular complexity index is 2650. The minimum Gasteiger partial charge on any atom is -0.398 e.